The van der Waals surface area contributed by atoms with Crippen LogP contribution in [0.15, 0.2) is 84.9 Å². The van der Waals surface area contributed by atoms with Gasteiger partial charge in [-0.15, -0.1) is 0 Å². The van der Waals surface area contributed by atoms with Gasteiger partial charge in [-0.1, -0.05) is 65.2 Å². The third-order valence-electron chi connectivity index (χ3n) is 5.28. The topological polar surface area (TPSA) is 75.9 Å². The lowest BCUT2D eigenvalue weighted by Crippen LogP contribution is -2.37. The van der Waals surface area contributed by atoms with Crippen molar-refractivity contribution in [3.8, 4) is 0 Å². The van der Waals surface area contributed by atoms with Crippen LogP contribution in [0.5, 0.6) is 0 Å². The van der Waals surface area contributed by atoms with Crippen molar-refractivity contribution in [2.75, 3.05) is 16.8 Å². The Labute approximate surface area is 194 Å². The molecule has 1 aliphatic rings. The Hall–Kier alpha value is -4.04. The number of benzene rings is 3. The zero-order valence-electron chi connectivity index (χ0n) is 17.3. The molecule has 1 atom stereocenters. The largest absolute Gasteiger partial charge is 0.324 e. The Morgan fingerprint density at radius 2 is 1.82 bits per heavy atom. The summed E-state index contributed by atoms with van der Waals surface area (Å²) in [6.07, 6.45) is 2.01. The van der Waals surface area contributed by atoms with E-state index in [9.17, 15) is 9.18 Å². The molecule has 164 valence electrons. The number of allylic oxidation sites excluding steroid dienone is 1. The Morgan fingerprint density at radius 3 is 2.58 bits per heavy atom. The highest BCUT2D eigenvalue weighted by Crippen LogP contribution is 2.36. The van der Waals surface area contributed by atoms with Crippen LogP contribution < -0.4 is 10.2 Å². The van der Waals surface area contributed by atoms with Crippen LogP contribution in [0.3, 0.4) is 0 Å². The van der Waals surface area contributed by atoms with Gasteiger partial charge in [-0.25, -0.2) is 4.39 Å². The van der Waals surface area contributed by atoms with E-state index in [0.29, 0.717) is 16.7 Å². The highest BCUT2D eigenvalue weighted by molar-refractivity contribution is 6.30. The first-order valence-electron chi connectivity index (χ1n) is 10.2. The normalized spacial score (nSPS) is 15.0. The van der Waals surface area contributed by atoms with Crippen molar-refractivity contribution in [1.82, 2.24) is 20.2 Å². The van der Waals surface area contributed by atoms with Gasteiger partial charge in [-0.05, 0) is 58.0 Å². The highest BCUT2D eigenvalue weighted by Gasteiger charge is 2.31. The summed E-state index contributed by atoms with van der Waals surface area (Å²) >= 11 is 6.10. The predicted molar refractivity (Wildman–Crippen MR) is 124 cm³/mol. The molecule has 7 nitrogen and oxygen atoms in total. The molecule has 1 amide bonds. The molecule has 0 spiro atoms. The van der Waals surface area contributed by atoms with E-state index < -0.39 is 5.82 Å². The summed E-state index contributed by atoms with van der Waals surface area (Å²) in [5, 5.41) is 15.6. The lowest BCUT2D eigenvalue weighted by Gasteiger charge is -2.32. The Kier molecular flexibility index (Phi) is 5.58. The van der Waals surface area contributed by atoms with Crippen LogP contribution in [0.4, 0.5) is 16.0 Å². The molecule has 9 heteroatoms. The molecular formula is C24H18ClFN6O. The van der Waals surface area contributed by atoms with Crippen LogP contribution in [-0.2, 0) is 4.79 Å². The van der Waals surface area contributed by atoms with Gasteiger partial charge in [0.2, 0.25) is 5.91 Å². The van der Waals surface area contributed by atoms with E-state index in [4.69, 9.17) is 11.6 Å². The van der Waals surface area contributed by atoms with Crippen molar-refractivity contribution in [3.05, 3.63) is 107 Å². The number of anilines is 2. The lowest BCUT2D eigenvalue weighted by atomic mass is 10.0. The molecule has 5 rings (SSSR count). The minimum absolute atomic E-state index is 0.0765. The van der Waals surface area contributed by atoms with Crippen LogP contribution in [-0.4, -0.2) is 32.7 Å². The second-order valence-corrected chi connectivity index (χ2v) is 7.92. The number of nitrogens with one attached hydrogen (secondary N) is 1. The fourth-order valence-corrected chi connectivity index (χ4v) is 3.92. The second kappa shape index (κ2) is 8.84. The molecule has 0 aliphatic carbocycles. The molecule has 1 aromatic heterocycles. The molecule has 2 heterocycles. The summed E-state index contributed by atoms with van der Waals surface area (Å²) in [6, 6.07) is 22.7. The van der Waals surface area contributed by atoms with Crippen molar-refractivity contribution in [2.45, 2.75) is 6.04 Å². The molecule has 3 aromatic carbocycles. The van der Waals surface area contributed by atoms with Gasteiger partial charge in [0.25, 0.3) is 5.95 Å². The smallest absolute Gasteiger partial charge is 0.251 e. The third-order valence-corrected chi connectivity index (χ3v) is 5.53. The van der Waals surface area contributed by atoms with Crippen molar-refractivity contribution in [1.29, 1.82) is 0 Å². The molecule has 1 N–H and O–H groups in total. The number of hydrogen-bond acceptors (Lipinski definition) is 5. The molecule has 33 heavy (non-hydrogen) atoms. The van der Waals surface area contributed by atoms with Gasteiger partial charge < -0.3 is 5.32 Å². The Balaban J connectivity index is 1.53. The van der Waals surface area contributed by atoms with E-state index in [-0.39, 0.29) is 18.5 Å². The number of aromatic nitrogens is 4. The van der Waals surface area contributed by atoms with Gasteiger partial charge in [0.15, 0.2) is 0 Å². The molecule has 1 unspecified atom stereocenters. The van der Waals surface area contributed by atoms with Crippen molar-refractivity contribution < 1.29 is 9.18 Å². The van der Waals surface area contributed by atoms with Gasteiger partial charge in [0, 0.05) is 10.7 Å². The van der Waals surface area contributed by atoms with Crippen LogP contribution in [0.2, 0.25) is 5.02 Å². The average Bonchev–Trinajstić information content (AvgIpc) is 3.31. The summed E-state index contributed by atoms with van der Waals surface area (Å²) in [5.41, 5.74) is 2.99. The number of carbonyl (C=O) groups is 1. The van der Waals surface area contributed by atoms with Crippen molar-refractivity contribution in [2.24, 2.45) is 0 Å². The van der Waals surface area contributed by atoms with Crippen LogP contribution in [0.25, 0.3) is 5.70 Å². The van der Waals surface area contributed by atoms with Crippen molar-refractivity contribution in [3.63, 3.8) is 0 Å². The number of rotatable bonds is 5. The second-order valence-electron chi connectivity index (χ2n) is 7.48. The summed E-state index contributed by atoms with van der Waals surface area (Å²) in [4.78, 5) is 14.6. The maximum Gasteiger partial charge on any atom is 0.251 e. The van der Waals surface area contributed by atoms with Crippen LogP contribution in [0.1, 0.15) is 17.2 Å². The molecule has 0 fully saturated rings. The number of hydrogen-bond donors (Lipinski definition) is 1. The number of fused-ring (bicyclic) bond motifs is 1. The van der Waals surface area contributed by atoms with E-state index >= 15 is 0 Å². The Morgan fingerprint density at radius 1 is 1.03 bits per heavy atom. The monoisotopic (exact) mass is 460 g/mol. The maximum absolute atomic E-state index is 13.5. The number of amides is 1. The quantitative estimate of drug-likeness (QED) is 0.472. The van der Waals surface area contributed by atoms with E-state index in [1.165, 1.54) is 18.2 Å². The first-order valence-corrected chi connectivity index (χ1v) is 10.6. The first kappa shape index (κ1) is 20.8. The molecule has 4 aromatic rings. The van der Waals surface area contributed by atoms with Crippen molar-refractivity contribution >= 4 is 34.8 Å². The lowest BCUT2D eigenvalue weighted by molar-refractivity contribution is -0.114. The molecule has 0 saturated heterocycles. The van der Waals surface area contributed by atoms with Gasteiger partial charge in [0.05, 0.1) is 5.70 Å². The van der Waals surface area contributed by atoms with Crippen LogP contribution in [0, 0.1) is 5.82 Å². The van der Waals surface area contributed by atoms with E-state index in [0.717, 1.165) is 16.8 Å². The minimum Gasteiger partial charge on any atom is -0.324 e. The summed E-state index contributed by atoms with van der Waals surface area (Å²) in [6.45, 7) is -0.0765. The standard InChI is InChI=1S/C24H18ClFN6O/c25-18-11-9-17(10-12-18)21-14-22(16-5-2-1-3-6-16)32-24(28-29-30-32)31(21)15-23(33)27-20-8-4-7-19(26)13-20/h1-14,22H,15H2,(H,27,33). The summed E-state index contributed by atoms with van der Waals surface area (Å²) in [5.74, 6) is -0.346. The molecule has 0 bridgehead atoms. The van der Waals surface area contributed by atoms with E-state index in [1.807, 2.05) is 48.5 Å². The van der Waals surface area contributed by atoms with E-state index in [2.05, 4.69) is 20.8 Å². The number of nitrogens with zero attached hydrogens (tertiary/aromatic N) is 5. The van der Waals surface area contributed by atoms with Gasteiger partial charge in [0.1, 0.15) is 18.4 Å². The third kappa shape index (κ3) is 4.33. The molecule has 0 radical (unpaired) electrons. The number of carbonyl (C=O) groups excluding carboxylic acids is 1. The molecule has 0 saturated carbocycles. The summed E-state index contributed by atoms with van der Waals surface area (Å²) in [7, 11) is 0. The molecular weight excluding hydrogens is 443 g/mol. The highest BCUT2D eigenvalue weighted by atomic mass is 35.5. The van der Waals surface area contributed by atoms with E-state index in [1.54, 1.807) is 27.8 Å². The van der Waals surface area contributed by atoms with Gasteiger partial charge in [-0.2, -0.15) is 4.68 Å². The average molecular weight is 461 g/mol. The fraction of sp³-hybridized carbons (Fsp3) is 0.0833. The number of halogens is 2. The first-order chi connectivity index (χ1) is 16.1. The van der Waals surface area contributed by atoms with Gasteiger partial charge >= 0.3 is 0 Å². The zero-order valence-corrected chi connectivity index (χ0v) is 18.0. The zero-order chi connectivity index (χ0) is 22.8. The van der Waals surface area contributed by atoms with Crippen LogP contribution >= 0.6 is 11.6 Å². The minimum atomic E-state index is -0.429. The van der Waals surface area contributed by atoms with Gasteiger partial charge in [-0.3, -0.25) is 9.69 Å². The summed E-state index contributed by atoms with van der Waals surface area (Å²) < 4.78 is 15.2. The fourth-order valence-electron chi connectivity index (χ4n) is 3.79. The maximum atomic E-state index is 13.5. The Bertz CT molecular complexity index is 1320. The number of tetrazole rings is 1. The SMILES string of the molecule is O=C(CN1C(c2ccc(Cl)cc2)=CC(c2ccccc2)n2nnnc21)Nc1cccc(F)c1. The molecule has 1 aliphatic heterocycles. The predicted octanol–water partition coefficient (Wildman–Crippen LogP) is 4.55.